The predicted octanol–water partition coefficient (Wildman–Crippen LogP) is 3.20. The zero-order valence-electron chi connectivity index (χ0n) is 17.1. The van der Waals surface area contributed by atoms with Gasteiger partial charge in [0.15, 0.2) is 17.5 Å². The molecule has 3 rings (SSSR count). The van der Waals surface area contributed by atoms with Gasteiger partial charge in [0.25, 0.3) is 0 Å². The Hall–Kier alpha value is -2.31. The van der Waals surface area contributed by atoms with Gasteiger partial charge in [-0.2, -0.15) is 13.9 Å². The van der Waals surface area contributed by atoms with Gasteiger partial charge in [-0.15, -0.1) is 24.0 Å². The number of benzene rings is 1. The first-order chi connectivity index (χ1) is 14.0. The molecular weight excluding hydrogens is 511 g/mol. The van der Waals surface area contributed by atoms with E-state index in [4.69, 9.17) is 9.47 Å². The molecule has 1 aromatic heterocycles. The lowest BCUT2D eigenvalue weighted by atomic mass is 10.1. The molecule has 0 aliphatic carbocycles. The van der Waals surface area contributed by atoms with Crippen molar-refractivity contribution in [1.82, 2.24) is 20.4 Å². The first-order valence-corrected chi connectivity index (χ1v) is 9.29. The number of ether oxygens (including phenoxy) is 3. The van der Waals surface area contributed by atoms with E-state index in [9.17, 15) is 8.78 Å². The Morgan fingerprint density at radius 1 is 1.23 bits per heavy atom. The molecule has 1 aromatic carbocycles. The fraction of sp³-hybridized carbons (Fsp3) is 0.474. The van der Waals surface area contributed by atoms with E-state index < -0.39 is 6.61 Å². The van der Waals surface area contributed by atoms with Gasteiger partial charge in [-0.25, -0.2) is 0 Å². The third-order valence-electron chi connectivity index (χ3n) is 4.38. The summed E-state index contributed by atoms with van der Waals surface area (Å²) in [5.41, 5.74) is 2.64. The highest BCUT2D eigenvalue weighted by Crippen LogP contribution is 2.38. The second kappa shape index (κ2) is 11.2. The summed E-state index contributed by atoms with van der Waals surface area (Å²) in [5.74, 6) is 1.48. The summed E-state index contributed by atoms with van der Waals surface area (Å²) in [4.78, 5) is 4.16. The Morgan fingerprint density at radius 3 is 2.60 bits per heavy atom. The maximum Gasteiger partial charge on any atom is 0.387 e. The molecule has 0 saturated carbocycles. The summed E-state index contributed by atoms with van der Waals surface area (Å²) in [7, 11) is 1.65. The van der Waals surface area contributed by atoms with Crippen LogP contribution in [0.5, 0.6) is 17.2 Å². The average Bonchev–Trinajstić information content (AvgIpc) is 3.25. The minimum Gasteiger partial charge on any atom is -0.454 e. The van der Waals surface area contributed by atoms with E-state index in [1.807, 2.05) is 24.6 Å². The van der Waals surface area contributed by atoms with Gasteiger partial charge >= 0.3 is 6.61 Å². The van der Waals surface area contributed by atoms with Crippen molar-refractivity contribution in [2.45, 2.75) is 40.0 Å². The normalized spacial score (nSPS) is 12.7. The summed E-state index contributed by atoms with van der Waals surface area (Å²) in [6.45, 7) is 2.82. The van der Waals surface area contributed by atoms with Gasteiger partial charge in [0.1, 0.15) is 5.75 Å². The van der Waals surface area contributed by atoms with E-state index in [0.29, 0.717) is 29.6 Å². The average molecular weight is 537 g/mol. The van der Waals surface area contributed by atoms with Gasteiger partial charge in [0, 0.05) is 44.0 Å². The van der Waals surface area contributed by atoms with Crippen molar-refractivity contribution in [1.29, 1.82) is 0 Å². The van der Waals surface area contributed by atoms with E-state index in [-0.39, 0.29) is 43.1 Å². The Morgan fingerprint density at radius 2 is 1.97 bits per heavy atom. The van der Waals surface area contributed by atoms with Crippen LogP contribution in [0.2, 0.25) is 0 Å². The van der Waals surface area contributed by atoms with Crippen molar-refractivity contribution in [2.75, 3.05) is 20.4 Å². The van der Waals surface area contributed by atoms with Crippen LogP contribution >= 0.6 is 24.0 Å². The maximum atomic E-state index is 12.7. The number of aryl methyl sites for hydroxylation is 3. The van der Waals surface area contributed by atoms with Gasteiger partial charge in [0.2, 0.25) is 6.79 Å². The molecule has 0 atom stereocenters. The summed E-state index contributed by atoms with van der Waals surface area (Å²) < 4.78 is 42.6. The largest absolute Gasteiger partial charge is 0.454 e. The molecule has 11 heteroatoms. The number of nitrogens with one attached hydrogen (secondary N) is 2. The molecule has 2 heterocycles. The van der Waals surface area contributed by atoms with Crippen LogP contribution in [0.15, 0.2) is 23.2 Å². The van der Waals surface area contributed by atoms with E-state index in [0.717, 1.165) is 24.4 Å². The van der Waals surface area contributed by atoms with Crippen LogP contribution in [0, 0.1) is 13.8 Å². The Balaban J connectivity index is 0.00000320. The second-order valence-corrected chi connectivity index (χ2v) is 6.55. The highest BCUT2D eigenvalue weighted by atomic mass is 127. The molecule has 0 amide bonds. The standard InChI is InChI=1S/C19H25F2N5O3.HI/c1-12-7-13(2)26(25-12)6-4-5-23-19(22-3)24-10-14-8-16-17(28-11-27-16)9-15(14)29-18(20)21;/h7-9,18H,4-6,10-11H2,1-3H3,(H2,22,23,24);1H. The minimum atomic E-state index is -2.93. The van der Waals surface area contributed by atoms with Gasteiger partial charge in [-0.1, -0.05) is 0 Å². The fourth-order valence-corrected chi connectivity index (χ4v) is 3.05. The SMILES string of the molecule is CN=C(NCCCn1nc(C)cc1C)NCc1cc2c(cc1OC(F)F)OCO2.I. The monoisotopic (exact) mass is 537 g/mol. The molecular formula is C19H26F2IN5O3. The number of nitrogens with zero attached hydrogens (tertiary/aromatic N) is 3. The van der Waals surface area contributed by atoms with Crippen LogP contribution in [-0.2, 0) is 13.1 Å². The molecule has 0 saturated heterocycles. The van der Waals surface area contributed by atoms with Crippen molar-refractivity contribution in [3.05, 3.63) is 35.2 Å². The van der Waals surface area contributed by atoms with Crippen LogP contribution in [0.25, 0.3) is 0 Å². The molecule has 2 N–H and O–H groups in total. The molecule has 30 heavy (non-hydrogen) atoms. The van der Waals surface area contributed by atoms with E-state index in [1.54, 1.807) is 13.1 Å². The number of halogens is 3. The van der Waals surface area contributed by atoms with E-state index >= 15 is 0 Å². The first kappa shape index (κ1) is 24.0. The van der Waals surface area contributed by atoms with Crippen LogP contribution in [0.1, 0.15) is 23.4 Å². The number of rotatable bonds is 8. The smallest absolute Gasteiger partial charge is 0.387 e. The number of alkyl halides is 2. The van der Waals surface area contributed by atoms with E-state index in [1.165, 1.54) is 6.07 Å². The molecule has 1 aliphatic rings. The fourth-order valence-electron chi connectivity index (χ4n) is 3.05. The molecule has 0 bridgehead atoms. The quantitative estimate of drug-likeness (QED) is 0.233. The minimum absolute atomic E-state index is 0. The number of hydrogen-bond acceptors (Lipinski definition) is 5. The second-order valence-electron chi connectivity index (χ2n) is 6.55. The number of fused-ring (bicyclic) bond motifs is 1. The summed E-state index contributed by atoms with van der Waals surface area (Å²) >= 11 is 0. The Kier molecular flexibility index (Phi) is 8.93. The lowest BCUT2D eigenvalue weighted by molar-refractivity contribution is -0.0505. The van der Waals surface area contributed by atoms with Crippen LogP contribution < -0.4 is 24.8 Å². The van der Waals surface area contributed by atoms with Gasteiger partial charge in [0.05, 0.1) is 5.69 Å². The van der Waals surface area contributed by atoms with Gasteiger partial charge in [-0.05, 0) is 32.4 Å². The van der Waals surface area contributed by atoms with Crippen LogP contribution in [0.4, 0.5) is 8.78 Å². The van der Waals surface area contributed by atoms with Crippen molar-refractivity contribution >= 4 is 29.9 Å². The molecule has 1 aliphatic heterocycles. The zero-order valence-corrected chi connectivity index (χ0v) is 19.4. The van der Waals surface area contributed by atoms with Crippen molar-refractivity contribution in [3.63, 3.8) is 0 Å². The number of aromatic nitrogens is 2. The van der Waals surface area contributed by atoms with Crippen molar-refractivity contribution in [2.24, 2.45) is 4.99 Å². The zero-order chi connectivity index (χ0) is 20.8. The molecule has 2 aromatic rings. The number of guanidine groups is 1. The van der Waals surface area contributed by atoms with Crippen molar-refractivity contribution in [3.8, 4) is 17.2 Å². The van der Waals surface area contributed by atoms with Crippen molar-refractivity contribution < 1.29 is 23.0 Å². The third-order valence-corrected chi connectivity index (χ3v) is 4.38. The van der Waals surface area contributed by atoms with Crippen LogP contribution in [-0.4, -0.2) is 42.7 Å². The molecule has 166 valence electrons. The lowest BCUT2D eigenvalue weighted by Gasteiger charge is -2.15. The number of hydrogen-bond donors (Lipinski definition) is 2. The molecule has 0 fully saturated rings. The summed E-state index contributed by atoms with van der Waals surface area (Å²) in [6.07, 6.45) is 0.854. The number of aliphatic imine (C=N–C) groups is 1. The molecule has 8 nitrogen and oxygen atoms in total. The summed E-state index contributed by atoms with van der Waals surface area (Å²) in [6, 6.07) is 5.08. The topological polar surface area (TPSA) is 81.9 Å². The highest BCUT2D eigenvalue weighted by molar-refractivity contribution is 14.0. The first-order valence-electron chi connectivity index (χ1n) is 9.29. The maximum absolute atomic E-state index is 12.7. The summed E-state index contributed by atoms with van der Waals surface area (Å²) in [5, 5.41) is 10.7. The van der Waals surface area contributed by atoms with Gasteiger partial charge < -0.3 is 24.8 Å². The Labute approximate surface area is 191 Å². The van der Waals surface area contributed by atoms with Gasteiger partial charge in [-0.3, -0.25) is 9.67 Å². The predicted molar refractivity (Wildman–Crippen MR) is 119 cm³/mol. The molecule has 0 spiro atoms. The lowest BCUT2D eigenvalue weighted by Crippen LogP contribution is -2.37. The highest BCUT2D eigenvalue weighted by Gasteiger charge is 2.20. The van der Waals surface area contributed by atoms with Crippen LogP contribution in [0.3, 0.4) is 0 Å². The van der Waals surface area contributed by atoms with E-state index in [2.05, 4.69) is 25.5 Å². The molecule has 0 radical (unpaired) electrons. The third kappa shape index (κ3) is 6.34. The molecule has 0 unspecified atom stereocenters. The Bertz CT molecular complexity index is 876.